The van der Waals surface area contributed by atoms with E-state index in [4.69, 9.17) is 11.6 Å². The predicted octanol–water partition coefficient (Wildman–Crippen LogP) is 3.87. The van der Waals surface area contributed by atoms with Gasteiger partial charge in [-0.2, -0.15) is 0 Å². The Bertz CT molecular complexity index is 705. The van der Waals surface area contributed by atoms with Gasteiger partial charge in [0.25, 0.3) is 0 Å². The molecule has 0 saturated carbocycles. The topological polar surface area (TPSA) is 32.3 Å². The second kappa shape index (κ2) is 6.36. The van der Waals surface area contributed by atoms with Crippen LogP contribution in [-0.4, -0.2) is 19.0 Å². The van der Waals surface area contributed by atoms with Gasteiger partial charge in [0.1, 0.15) is 5.82 Å². The van der Waals surface area contributed by atoms with Gasteiger partial charge in [0, 0.05) is 17.3 Å². The molecule has 0 radical (unpaired) electrons. The highest BCUT2D eigenvalue weighted by molar-refractivity contribution is 6.30. The van der Waals surface area contributed by atoms with Crippen molar-refractivity contribution in [2.75, 3.05) is 23.3 Å². The molecule has 2 aromatic rings. The van der Waals surface area contributed by atoms with Crippen molar-refractivity contribution in [1.29, 1.82) is 0 Å². The minimum Gasteiger partial charge on any atom is -0.362 e. The summed E-state index contributed by atoms with van der Waals surface area (Å²) in [7, 11) is 0. The van der Waals surface area contributed by atoms with Crippen molar-refractivity contribution in [3.8, 4) is 0 Å². The lowest BCUT2D eigenvalue weighted by Gasteiger charge is -2.30. The number of fused-ring (bicyclic) bond motifs is 1. The first-order valence-electron chi connectivity index (χ1n) is 7.21. The second-order valence-electron chi connectivity index (χ2n) is 5.33. The van der Waals surface area contributed by atoms with E-state index in [1.54, 1.807) is 0 Å². The molecular formula is C17H16ClFN2O. The van der Waals surface area contributed by atoms with Crippen LogP contribution in [0.2, 0.25) is 5.02 Å². The van der Waals surface area contributed by atoms with Crippen molar-refractivity contribution < 1.29 is 9.18 Å². The van der Waals surface area contributed by atoms with Gasteiger partial charge in [-0.25, -0.2) is 4.39 Å². The molecule has 0 saturated heterocycles. The zero-order valence-corrected chi connectivity index (χ0v) is 12.7. The number of hydrogen-bond acceptors (Lipinski definition) is 2. The first-order valence-corrected chi connectivity index (χ1v) is 7.59. The number of amides is 1. The van der Waals surface area contributed by atoms with Crippen molar-refractivity contribution in [3.05, 3.63) is 58.9 Å². The number of carbonyl (C=O) groups excluding carboxylic acids is 1. The molecule has 0 aromatic heterocycles. The zero-order valence-electron chi connectivity index (χ0n) is 12.0. The Morgan fingerprint density at radius 3 is 2.95 bits per heavy atom. The van der Waals surface area contributed by atoms with Crippen LogP contribution >= 0.6 is 11.6 Å². The monoisotopic (exact) mass is 318 g/mol. The summed E-state index contributed by atoms with van der Waals surface area (Å²) < 4.78 is 13.7. The van der Waals surface area contributed by atoms with Crippen LogP contribution in [0.3, 0.4) is 0 Å². The quantitative estimate of drug-likeness (QED) is 0.931. The third kappa shape index (κ3) is 3.22. The Morgan fingerprint density at radius 2 is 2.09 bits per heavy atom. The Balaban J connectivity index is 1.72. The third-order valence-electron chi connectivity index (χ3n) is 3.74. The summed E-state index contributed by atoms with van der Waals surface area (Å²) in [5.74, 6) is -0.741. The molecule has 0 fully saturated rings. The number of aryl methyl sites for hydroxylation is 1. The van der Waals surface area contributed by atoms with E-state index in [0.29, 0.717) is 5.02 Å². The van der Waals surface area contributed by atoms with E-state index in [1.807, 2.05) is 23.1 Å². The molecule has 1 N–H and O–H groups in total. The first-order chi connectivity index (χ1) is 10.6. The molecule has 5 heteroatoms. The number of carbonyl (C=O) groups is 1. The van der Waals surface area contributed by atoms with Crippen molar-refractivity contribution in [2.45, 2.75) is 12.8 Å². The minimum atomic E-state index is -0.489. The Labute approximate surface area is 133 Å². The predicted molar refractivity (Wildman–Crippen MR) is 87.0 cm³/mol. The maximum atomic E-state index is 13.7. The van der Waals surface area contributed by atoms with E-state index in [0.717, 1.165) is 25.1 Å². The molecule has 0 atom stereocenters. The lowest BCUT2D eigenvalue weighted by molar-refractivity contribution is -0.115. The SMILES string of the molecule is O=C(CN1CCCc2ccccc21)Nc1cc(Cl)ccc1F. The van der Waals surface area contributed by atoms with Gasteiger partial charge in [-0.1, -0.05) is 29.8 Å². The molecule has 2 aromatic carbocycles. The number of rotatable bonds is 3. The third-order valence-corrected chi connectivity index (χ3v) is 3.98. The average molecular weight is 319 g/mol. The fourth-order valence-electron chi connectivity index (χ4n) is 2.73. The fraction of sp³-hybridized carbons (Fsp3) is 0.235. The number of hydrogen-bond donors (Lipinski definition) is 1. The zero-order chi connectivity index (χ0) is 15.5. The Hall–Kier alpha value is -2.07. The van der Waals surface area contributed by atoms with Crippen LogP contribution in [0.5, 0.6) is 0 Å². The Morgan fingerprint density at radius 1 is 1.27 bits per heavy atom. The highest BCUT2D eigenvalue weighted by Gasteiger charge is 2.19. The maximum Gasteiger partial charge on any atom is 0.243 e. The van der Waals surface area contributed by atoms with Crippen molar-refractivity contribution in [1.82, 2.24) is 0 Å². The minimum absolute atomic E-state index is 0.114. The molecule has 3 rings (SSSR count). The van der Waals surface area contributed by atoms with Gasteiger partial charge in [-0.15, -0.1) is 0 Å². The number of nitrogens with one attached hydrogen (secondary N) is 1. The van der Waals surface area contributed by atoms with E-state index in [1.165, 1.54) is 23.8 Å². The average Bonchev–Trinajstić information content (AvgIpc) is 2.51. The molecule has 0 spiro atoms. The van der Waals surface area contributed by atoms with E-state index >= 15 is 0 Å². The number of benzene rings is 2. The largest absolute Gasteiger partial charge is 0.362 e. The number of nitrogens with zero attached hydrogens (tertiary/aromatic N) is 1. The van der Waals surface area contributed by atoms with Gasteiger partial charge in [0.05, 0.1) is 12.2 Å². The van der Waals surface area contributed by atoms with E-state index in [9.17, 15) is 9.18 Å². The van der Waals surface area contributed by atoms with Gasteiger partial charge < -0.3 is 10.2 Å². The van der Waals surface area contributed by atoms with E-state index in [-0.39, 0.29) is 18.1 Å². The molecule has 0 unspecified atom stereocenters. The van der Waals surface area contributed by atoms with Crippen LogP contribution in [0.4, 0.5) is 15.8 Å². The smallest absolute Gasteiger partial charge is 0.243 e. The van der Waals surface area contributed by atoms with Gasteiger partial charge in [-0.05, 0) is 42.7 Å². The molecule has 1 aliphatic heterocycles. The number of anilines is 2. The summed E-state index contributed by atoms with van der Waals surface area (Å²) in [6.45, 7) is 1.02. The number of para-hydroxylation sites is 1. The normalized spacial score (nSPS) is 13.6. The number of halogens is 2. The standard InChI is InChI=1S/C17H16ClFN2O/c18-13-7-8-14(19)15(10-13)20-17(22)11-21-9-3-5-12-4-1-2-6-16(12)21/h1-2,4,6-8,10H,3,5,9,11H2,(H,20,22). The summed E-state index contributed by atoms with van der Waals surface area (Å²) in [4.78, 5) is 14.2. The molecule has 1 amide bonds. The molecule has 22 heavy (non-hydrogen) atoms. The molecule has 0 bridgehead atoms. The van der Waals surface area contributed by atoms with Crippen LogP contribution in [0.15, 0.2) is 42.5 Å². The maximum absolute atomic E-state index is 13.7. The summed E-state index contributed by atoms with van der Waals surface area (Å²) in [5, 5.41) is 2.98. The highest BCUT2D eigenvalue weighted by atomic mass is 35.5. The molecule has 114 valence electrons. The summed E-state index contributed by atoms with van der Waals surface area (Å²) in [5.41, 5.74) is 2.44. The summed E-state index contributed by atoms with van der Waals surface area (Å²) >= 11 is 5.83. The van der Waals surface area contributed by atoms with E-state index < -0.39 is 5.82 Å². The van der Waals surface area contributed by atoms with Crippen LogP contribution in [0.25, 0.3) is 0 Å². The van der Waals surface area contributed by atoms with Crippen molar-refractivity contribution in [2.24, 2.45) is 0 Å². The van der Waals surface area contributed by atoms with Crippen LogP contribution < -0.4 is 10.2 Å². The Kier molecular flexibility index (Phi) is 4.29. The molecule has 3 nitrogen and oxygen atoms in total. The summed E-state index contributed by atoms with van der Waals surface area (Å²) in [6.07, 6.45) is 2.03. The van der Waals surface area contributed by atoms with Crippen LogP contribution in [-0.2, 0) is 11.2 Å². The molecule has 1 aliphatic rings. The molecular weight excluding hydrogens is 303 g/mol. The van der Waals surface area contributed by atoms with E-state index in [2.05, 4.69) is 11.4 Å². The van der Waals surface area contributed by atoms with Crippen LogP contribution in [0, 0.1) is 5.82 Å². The van der Waals surface area contributed by atoms with Crippen molar-refractivity contribution in [3.63, 3.8) is 0 Å². The lowest BCUT2D eigenvalue weighted by Crippen LogP contribution is -2.36. The molecule has 0 aliphatic carbocycles. The van der Waals surface area contributed by atoms with Gasteiger partial charge in [0.15, 0.2) is 0 Å². The highest BCUT2D eigenvalue weighted by Crippen LogP contribution is 2.26. The first kappa shape index (κ1) is 14.9. The van der Waals surface area contributed by atoms with Gasteiger partial charge in [-0.3, -0.25) is 4.79 Å². The lowest BCUT2D eigenvalue weighted by atomic mass is 10.0. The van der Waals surface area contributed by atoms with Crippen LogP contribution in [0.1, 0.15) is 12.0 Å². The molecule has 1 heterocycles. The van der Waals surface area contributed by atoms with Gasteiger partial charge in [0.2, 0.25) is 5.91 Å². The van der Waals surface area contributed by atoms with Crippen molar-refractivity contribution >= 4 is 28.9 Å². The second-order valence-corrected chi connectivity index (χ2v) is 5.76. The fourth-order valence-corrected chi connectivity index (χ4v) is 2.90. The van der Waals surface area contributed by atoms with Gasteiger partial charge >= 0.3 is 0 Å². The summed E-state index contributed by atoms with van der Waals surface area (Å²) in [6, 6.07) is 12.2.